The third-order valence-corrected chi connectivity index (χ3v) is 3.99. The van der Waals surface area contributed by atoms with Crippen LogP contribution < -0.4 is 10.6 Å². The van der Waals surface area contributed by atoms with Crippen LogP contribution in [0.15, 0.2) is 0 Å². The number of piperazine rings is 1. The Bertz CT molecular complexity index is 335. The van der Waals surface area contributed by atoms with Gasteiger partial charge in [-0.15, -0.1) is 0 Å². The monoisotopic (exact) mass is 253 g/mol. The highest BCUT2D eigenvalue weighted by molar-refractivity contribution is 5.92. The van der Waals surface area contributed by atoms with Gasteiger partial charge in [0.2, 0.25) is 11.8 Å². The second kappa shape index (κ2) is 5.26. The fourth-order valence-electron chi connectivity index (χ4n) is 2.76. The maximum atomic E-state index is 12.3. The Morgan fingerprint density at radius 3 is 2.83 bits per heavy atom. The van der Waals surface area contributed by atoms with Crippen molar-refractivity contribution < 1.29 is 9.59 Å². The fourth-order valence-corrected chi connectivity index (χ4v) is 2.76. The molecule has 0 aliphatic carbocycles. The first kappa shape index (κ1) is 13.3. The number of piperidine rings is 1. The molecule has 0 radical (unpaired) electrons. The Hall–Kier alpha value is -1.10. The molecule has 102 valence electrons. The Kier molecular flexibility index (Phi) is 3.90. The van der Waals surface area contributed by atoms with E-state index in [0.717, 1.165) is 13.0 Å². The standard InChI is InChI=1S/C13H23N3O2/c1-13(2)12(18)15-7-8-16(13)11(17)9-10-5-3-4-6-14-10/h10,14H,3-9H2,1-2H3,(H,15,18). The van der Waals surface area contributed by atoms with Crippen molar-refractivity contribution in [1.29, 1.82) is 0 Å². The summed E-state index contributed by atoms with van der Waals surface area (Å²) in [6.45, 7) is 5.81. The van der Waals surface area contributed by atoms with Gasteiger partial charge < -0.3 is 15.5 Å². The third kappa shape index (κ3) is 2.66. The van der Waals surface area contributed by atoms with Crippen LogP contribution in [0.4, 0.5) is 0 Å². The number of hydrogen-bond acceptors (Lipinski definition) is 3. The van der Waals surface area contributed by atoms with Crippen molar-refractivity contribution in [3.8, 4) is 0 Å². The van der Waals surface area contributed by atoms with E-state index in [0.29, 0.717) is 19.5 Å². The Balaban J connectivity index is 1.96. The van der Waals surface area contributed by atoms with Crippen LogP contribution in [-0.2, 0) is 9.59 Å². The highest BCUT2D eigenvalue weighted by Gasteiger charge is 2.40. The van der Waals surface area contributed by atoms with E-state index in [9.17, 15) is 9.59 Å². The van der Waals surface area contributed by atoms with Crippen molar-refractivity contribution in [2.24, 2.45) is 0 Å². The van der Waals surface area contributed by atoms with Crippen LogP contribution in [0, 0.1) is 0 Å². The van der Waals surface area contributed by atoms with E-state index in [4.69, 9.17) is 0 Å². The maximum absolute atomic E-state index is 12.3. The molecule has 2 amide bonds. The predicted octanol–water partition coefficient (Wildman–Crippen LogP) is 0.256. The molecule has 2 N–H and O–H groups in total. The molecule has 1 atom stereocenters. The van der Waals surface area contributed by atoms with Gasteiger partial charge in [0.25, 0.3) is 0 Å². The van der Waals surface area contributed by atoms with Gasteiger partial charge in [0.1, 0.15) is 5.54 Å². The maximum Gasteiger partial charge on any atom is 0.245 e. The van der Waals surface area contributed by atoms with E-state index in [-0.39, 0.29) is 17.9 Å². The van der Waals surface area contributed by atoms with Gasteiger partial charge in [0.05, 0.1) is 0 Å². The average molecular weight is 253 g/mol. The first-order valence-electron chi connectivity index (χ1n) is 6.84. The van der Waals surface area contributed by atoms with E-state index in [1.165, 1.54) is 12.8 Å². The highest BCUT2D eigenvalue weighted by atomic mass is 16.2. The first-order chi connectivity index (χ1) is 8.51. The van der Waals surface area contributed by atoms with Gasteiger partial charge in [-0.3, -0.25) is 9.59 Å². The van der Waals surface area contributed by atoms with Crippen molar-refractivity contribution in [3.05, 3.63) is 0 Å². The van der Waals surface area contributed by atoms with Gasteiger partial charge in [-0.1, -0.05) is 6.42 Å². The van der Waals surface area contributed by atoms with Gasteiger partial charge in [-0.25, -0.2) is 0 Å². The van der Waals surface area contributed by atoms with Crippen LogP contribution >= 0.6 is 0 Å². The number of rotatable bonds is 2. The first-order valence-corrected chi connectivity index (χ1v) is 6.84. The molecule has 18 heavy (non-hydrogen) atoms. The molecule has 2 aliphatic heterocycles. The summed E-state index contributed by atoms with van der Waals surface area (Å²) in [5.41, 5.74) is -0.718. The van der Waals surface area contributed by atoms with Crippen LogP contribution in [0.2, 0.25) is 0 Å². The zero-order valence-electron chi connectivity index (χ0n) is 11.3. The summed E-state index contributed by atoms with van der Waals surface area (Å²) in [6.07, 6.45) is 3.96. The number of carbonyl (C=O) groups is 2. The number of nitrogens with one attached hydrogen (secondary N) is 2. The SMILES string of the molecule is CC1(C)C(=O)NCCN1C(=O)CC1CCCCN1. The second-order valence-corrected chi connectivity index (χ2v) is 5.71. The minimum Gasteiger partial charge on any atom is -0.352 e. The Morgan fingerprint density at radius 1 is 1.39 bits per heavy atom. The van der Waals surface area contributed by atoms with E-state index in [1.54, 1.807) is 4.90 Å². The van der Waals surface area contributed by atoms with Gasteiger partial charge >= 0.3 is 0 Å². The molecule has 0 aromatic carbocycles. The lowest BCUT2D eigenvalue weighted by Crippen LogP contribution is -2.63. The molecule has 2 aliphatic rings. The molecule has 0 aromatic rings. The summed E-state index contributed by atoms with van der Waals surface area (Å²) in [5, 5.41) is 6.19. The average Bonchev–Trinajstić information content (AvgIpc) is 2.33. The topological polar surface area (TPSA) is 61.4 Å². The minimum absolute atomic E-state index is 0.0568. The molecule has 2 fully saturated rings. The van der Waals surface area contributed by atoms with E-state index in [2.05, 4.69) is 10.6 Å². The molecule has 0 bridgehead atoms. The second-order valence-electron chi connectivity index (χ2n) is 5.71. The van der Waals surface area contributed by atoms with Gasteiger partial charge in [0, 0.05) is 25.6 Å². The van der Waals surface area contributed by atoms with E-state index in [1.807, 2.05) is 13.8 Å². The molecule has 5 nitrogen and oxygen atoms in total. The fraction of sp³-hybridized carbons (Fsp3) is 0.846. The summed E-state index contributed by atoms with van der Waals surface area (Å²) in [4.78, 5) is 25.9. The van der Waals surface area contributed by atoms with Crippen molar-refractivity contribution in [1.82, 2.24) is 15.5 Å². The largest absolute Gasteiger partial charge is 0.352 e. The van der Waals surface area contributed by atoms with Crippen molar-refractivity contribution in [2.45, 2.75) is 51.1 Å². The molecule has 0 spiro atoms. The molecule has 2 rings (SSSR count). The van der Waals surface area contributed by atoms with Crippen LogP contribution in [0.25, 0.3) is 0 Å². The Labute approximate surface area is 108 Å². The molecule has 0 saturated carbocycles. The molecule has 1 unspecified atom stereocenters. The third-order valence-electron chi connectivity index (χ3n) is 3.99. The van der Waals surface area contributed by atoms with Crippen LogP contribution in [0.1, 0.15) is 39.5 Å². The van der Waals surface area contributed by atoms with Crippen LogP contribution in [0.5, 0.6) is 0 Å². The van der Waals surface area contributed by atoms with Crippen molar-refractivity contribution in [2.75, 3.05) is 19.6 Å². The van der Waals surface area contributed by atoms with E-state index >= 15 is 0 Å². The number of nitrogens with zero attached hydrogens (tertiary/aromatic N) is 1. The molecule has 5 heteroatoms. The number of amides is 2. The summed E-state index contributed by atoms with van der Waals surface area (Å²) in [5.74, 6) is 0.0351. The van der Waals surface area contributed by atoms with Crippen molar-refractivity contribution >= 4 is 11.8 Å². The lowest BCUT2D eigenvalue weighted by molar-refractivity contribution is -0.149. The lowest BCUT2D eigenvalue weighted by atomic mass is 9.96. The molecule has 2 saturated heterocycles. The molecule has 2 heterocycles. The minimum atomic E-state index is -0.718. The summed E-state index contributed by atoms with van der Waals surface area (Å²) < 4.78 is 0. The molecular weight excluding hydrogens is 230 g/mol. The van der Waals surface area contributed by atoms with E-state index < -0.39 is 5.54 Å². The molecule has 0 aromatic heterocycles. The van der Waals surface area contributed by atoms with Crippen LogP contribution in [0.3, 0.4) is 0 Å². The number of carbonyl (C=O) groups excluding carboxylic acids is 2. The van der Waals surface area contributed by atoms with Gasteiger partial charge in [-0.05, 0) is 33.2 Å². The zero-order valence-corrected chi connectivity index (χ0v) is 11.3. The molecular formula is C13H23N3O2. The van der Waals surface area contributed by atoms with Crippen molar-refractivity contribution in [3.63, 3.8) is 0 Å². The van der Waals surface area contributed by atoms with Gasteiger partial charge in [-0.2, -0.15) is 0 Å². The lowest BCUT2D eigenvalue weighted by Gasteiger charge is -2.42. The normalized spacial score (nSPS) is 27.8. The summed E-state index contributed by atoms with van der Waals surface area (Å²) in [6, 6.07) is 0.284. The summed E-state index contributed by atoms with van der Waals surface area (Å²) in [7, 11) is 0. The highest BCUT2D eigenvalue weighted by Crippen LogP contribution is 2.20. The number of hydrogen-bond donors (Lipinski definition) is 2. The smallest absolute Gasteiger partial charge is 0.245 e. The van der Waals surface area contributed by atoms with Gasteiger partial charge in [0.15, 0.2) is 0 Å². The summed E-state index contributed by atoms with van der Waals surface area (Å²) >= 11 is 0. The Morgan fingerprint density at radius 2 is 2.17 bits per heavy atom. The quantitative estimate of drug-likeness (QED) is 0.742. The predicted molar refractivity (Wildman–Crippen MR) is 69.1 cm³/mol. The zero-order chi connectivity index (χ0) is 13.2. The van der Waals surface area contributed by atoms with Crippen LogP contribution in [-0.4, -0.2) is 47.9 Å².